The van der Waals surface area contributed by atoms with E-state index in [1.54, 1.807) is 4.90 Å². The summed E-state index contributed by atoms with van der Waals surface area (Å²) in [7, 11) is -4.28. The van der Waals surface area contributed by atoms with Crippen molar-refractivity contribution in [2.75, 3.05) is 4.72 Å². The standard InChI is InChI=1S/C28H26Cl2FN3O5S/c1-28(2,3)39-27(35)34-13-17-5-4-16(10-18(17)14-34)15-38-19-6-9-24(22(31)11-19)40(36,37)33-23-8-7-20(29)25-21(30)12-32-26(23)25/h4-12,32-33H,13-15H2,1-3H3. The molecule has 1 aromatic heterocycles. The number of ether oxygens (including phenoxy) is 2. The Morgan fingerprint density at radius 3 is 2.52 bits per heavy atom. The van der Waals surface area contributed by atoms with E-state index in [0.717, 1.165) is 28.8 Å². The van der Waals surface area contributed by atoms with Gasteiger partial charge in [0.25, 0.3) is 10.0 Å². The van der Waals surface area contributed by atoms with Crippen LogP contribution in [0.4, 0.5) is 14.9 Å². The molecule has 1 aliphatic rings. The van der Waals surface area contributed by atoms with Crippen LogP contribution in [-0.2, 0) is 34.5 Å². The third-order valence-electron chi connectivity index (χ3n) is 6.22. The van der Waals surface area contributed by atoms with Gasteiger partial charge >= 0.3 is 6.09 Å². The average Bonchev–Trinajstić information content (AvgIpc) is 3.47. The molecule has 0 atom stereocenters. The number of anilines is 1. The number of rotatable bonds is 6. The maximum absolute atomic E-state index is 15.0. The fourth-order valence-electron chi connectivity index (χ4n) is 4.40. The molecule has 1 aliphatic heterocycles. The van der Waals surface area contributed by atoms with Crippen molar-refractivity contribution in [2.24, 2.45) is 0 Å². The van der Waals surface area contributed by atoms with Gasteiger partial charge in [0.05, 0.1) is 21.2 Å². The number of halogens is 3. The van der Waals surface area contributed by atoms with Crippen LogP contribution in [0.15, 0.2) is 59.6 Å². The lowest BCUT2D eigenvalue weighted by Crippen LogP contribution is -2.33. The fraction of sp³-hybridized carbons (Fsp3) is 0.250. The van der Waals surface area contributed by atoms with Crippen LogP contribution in [0, 0.1) is 5.82 Å². The SMILES string of the molecule is CC(C)(C)OC(=O)N1Cc2ccc(COc3ccc(S(=O)(=O)Nc4ccc(Cl)c5c(Cl)c[nH]c45)c(F)c3)cc2C1. The van der Waals surface area contributed by atoms with Crippen LogP contribution in [-0.4, -0.2) is 30.0 Å². The number of carbonyl (C=O) groups excluding carboxylic acids is 1. The van der Waals surface area contributed by atoms with Crippen LogP contribution in [0.25, 0.3) is 10.9 Å². The van der Waals surface area contributed by atoms with E-state index in [1.165, 1.54) is 24.4 Å². The van der Waals surface area contributed by atoms with E-state index >= 15 is 0 Å². The summed E-state index contributed by atoms with van der Waals surface area (Å²) in [5, 5.41) is 1.13. The van der Waals surface area contributed by atoms with Crippen molar-refractivity contribution in [1.29, 1.82) is 0 Å². The molecule has 4 aromatic rings. The second kappa shape index (κ2) is 10.5. The minimum absolute atomic E-state index is 0.125. The second-order valence-electron chi connectivity index (χ2n) is 10.4. The van der Waals surface area contributed by atoms with Gasteiger partial charge in [-0.2, -0.15) is 0 Å². The summed E-state index contributed by atoms with van der Waals surface area (Å²) in [6.07, 6.45) is 1.11. The average molecular weight is 607 g/mol. The molecule has 0 spiro atoms. The van der Waals surface area contributed by atoms with Crippen LogP contribution in [0.3, 0.4) is 0 Å². The molecule has 210 valence electrons. The lowest BCUT2D eigenvalue weighted by Gasteiger charge is -2.24. The molecule has 0 saturated heterocycles. The zero-order valence-electron chi connectivity index (χ0n) is 21.8. The maximum atomic E-state index is 15.0. The van der Waals surface area contributed by atoms with Crippen molar-refractivity contribution >= 4 is 55.9 Å². The summed E-state index contributed by atoms with van der Waals surface area (Å²) >= 11 is 12.3. The van der Waals surface area contributed by atoms with Crippen molar-refractivity contribution in [1.82, 2.24) is 9.88 Å². The largest absolute Gasteiger partial charge is 0.489 e. The molecule has 5 rings (SSSR count). The number of hydrogen-bond donors (Lipinski definition) is 2. The minimum Gasteiger partial charge on any atom is -0.489 e. The number of aromatic nitrogens is 1. The first kappa shape index (κ1) is 28.1. The highest BCUT2D eigenvalue weighted by atomic mass is 35.5. The van der Waals surface area contributed by atoms with E-state index in [0.29, 0.717) is 34.0 Å². The Morgan fingerprint density at radius 2 is 1.80 bits per heavy atom. The van der Waals surface area contributed by atoms with Crippen molar-refractivity contribution in [3.8, 4) is 5.75 Å². The highest BCUT2D eigenvalue weighted by Gasteiger charge is 2.28. The summed E-state index contributed by atoms with van der Waals surface area (Å²) in [6.45, 7) is 6.46. The fourth-order valence-corrected chi connectivity index (χ4v) is 6.09. The highest BCUT2D eigenvalue weighted by molar-refractivity contribution is 7.92. The summed E-state index contributed by atoms with van der Waals surface area (Å²) in [4.78, 5) is 16.4. The molecule has 12 heteroatoms. The molecule has 2 N–H and O–H groups in total. The van der Waals surface area contributed by atoms with E-state index < -0.39 is 26.3 Å². The number of sulfonamides is 1. The van der Waals surface area contributed by atoms with Crippen LogP contribution in [0.5, 0.6) is 5.75 Å². The smallest absolute Gasteiger partial charge is 0.410 e. The van der Waals surface area contributed by atoms with Gasteiger partial charge < -0.3 is 14.5 Å². The van der Waals surface area contributed by atoms with E-state index in [9.17, 15) is 17.6 Å². The Morgan fingerprint density at radius 1 is 1.05 bits per heavy atom. The monoisotopic (exact) mass is 605 g/mol. The zero-order valence-corrected chi connectivity index (χ0v) is 24.2. The Labute approximate surface area is 241 Å². The number of fused-ring (bicyclic) bond motifs is 2. The Bertz CT molecular complexity index is 1730. The predicted octanol–water partition coefficient (Wildman–Crippen LogP) is 7.24. The zero-order chi connectivity index (χ0) is 28.8. The van der Waals surface area contributed by atoms with Crippen LogP contribution in [0.2, 0.25) is 10.0 Å². The van der Waals surface area contributed by atoms with Crippen molar-refractivity contribution in [3.63, 3.8) is 0 Å². The number of H-pyrrole nitrogens is 1. The number of nitrogens with one attached hydrogen (secondary N) is 2. The van der Waals surface area contributed by atoms with Gasteiger partial charge in [0, 0.05) is 30.7 Å². The second-order valence-corrected chi connectivity index (χ2v) is 12.9. The molecule has 0 saturated carbocycles. The van der Waals surface area contributed by atoms with Gasteiger partial charge in [-0.25, -0.2) is 17.6 Å². The first-order chi connectivity index (χ1) is 18.8. The van der Waals surface area contributed by atoms with Gasteiger partial charge in [0.2, 0.25) is 0 Å². The summed E-state index contributed by atoms with van der Waals surface area (Å²) in [5.74, 6) is -0.806. The van der Waals surface area contributed by atoms with E-state index in [-0.39, 0.29) is 24.1 Å². The number of benzene rings is 3. The van der Waals surface area contributed by atoms with Gasteiger partial charge in [-0.1, -0.05) is 41.4 Å². The first-order valence-electron chi connectivity index (χ1n) is 12.3. The number of carbonyl (C=O) groups is 1. The molecule has 2 heterocycles. The third kappa shape index (κ3) is 5.84. The number of aromatic amines is 1. The molecule has 0 fully saturated rings. The van der Waals surface area contributed by atoms with E-state index in [4.69, 9.17) is 32.7 Å². The molecule has 0 bridgehead atoms. The quantitative estimate of drug-likeness (QED) is 0.241. The third-order valence-corrected chi connectivity index (χ3v) is 8.24. The maximum Gasteiger partial charge on any atom is 0.410 e. The van der Waals surface area contributed by atoms with E-state index in [1.807, 2.05) is 39.0 Å². The molecule has 3 aromatic carbocycles. The van der Waals surface area contributed by atoms with Crippen molar-refractivity contribution in [3.05, 3.63) is 87.3 Å². The Kier molecular flexibility index (Phi) is 7.37. The molecule has 0 unspecified atom stereocenters. The van der Waals surface area contributed by atoms with Gasteiger partial charge in [0.1, 0.15) is 28.7 Å². The molecule has 1 amide bonds. The van der Waals surface area contributed by atoms with Crippen molar-refractivity contribution < 1.29 is 27.1 Å². The van der Waals surface area contributed by atoms with Crippen LogP contribution >= 0.6 is 23.2 Å². The van der Waals surface area contributed by atoms with Gasteiger partial charge in [-0.05, 0) is 61.7 Å². The van der Waals surface area contributed by atoms with Crippen LogP contribution in [0.1, 0.15) is 37.5 Å². The summed E-state index contributed by atoms with van der Waals surface area (Å²) < 4.78 is 54.6. The molecular weight excluding hydrogens is 580 g/mol. The predicted molar refractivity (Wildman–Crippen MR) is 152 cm³/mol. The molecule has 40 heavy (non-hydrogen) atoms. The van der Waals surface area contributed by atoms with Crippen molar-refractivity contribution in [2.45, 2.75) is 51.0 Å². The van der Waals surface area contributed by atoms with Gasteiger partial charge in [-0.15, -0.1) is 0 Å². The van der Waals surface area contributed by atoms with Gasteiger partial charge in [0.15, 0.2) is 0 Å². The Balaban J connectivity index is 1.26. The van der Waals surface area contributed by atoms with Gasteiger partial charge in [-0.3, -0.25) is 9.62 Å². The topological polar surface area (TPSA) is 101 Å². The number of hydrogen-bond acceptors (Lipinski definition) is 5. The minimum atomic E-state index is -4.28. The lowest BCUT2D eigenvalue weighted by molar-refractivity contribution is 0.0242. The van der Waals surface area contributed by atoms with E-state index in [2.05, 4.69) is 9.71 Å². The summed E-state index contributed by atoms with van der Waals surface area (Å²) in [5.41, 5.74) is 2.79. The Hall–Kier alpha value is -3.47. The molecule has 0 radical (unpaired) electrons. The lowest BCUT2D eigenvalue weighted by atomic mass is 10.1. The highest BCUT2D eigenvalue weighted by Crippen LogP contribution is 2.36. The number of nitrogens with zero attached hydrogens (tertiary/aromatic N) is 1. The summed E-state index contributed by atoms with van der Waals surface area (Å²) in [6, 6.07) is 12.2. The number of amides is 1. The molecule has 0 aliphatic carbocycles. The normalized spacial score (nSPS) is 13.4. The van der Waals surface area contributed by atoms with Crippen LogP contribution < -0.4 is 9.46 Å². The first-order valence-corrected chi connectivity index (χ1v) is 14.5. The molecular formula is C28H26Cl2FN3O5S. The molecule has 8 nitrogen and oxygen atoms in total.